The minimum Gasteiger partial charge on any atom is -0.486 e. The summed E-state index contributed by atoms with van der Waals surface area (Å²) in [5.74, 6) is 0.349. The average Bonchev–Trinajstić information content (AvgIpc) is 3.14. The van der Waals surface area contributed by atoms with Crippen LogP contribution in [0.1, 0.15) is 22.5 Å². The summed E-state index contributed by atoms with van der Waals surface area (Å²) in [6, 6.07) is 12.1. The average molecular weight is 363 g/mol. The van der Waals surface area contributed by atoms with Gasteiger partial charge in [-0.1, -0.05) is 0 Å². The van der Waals surface area contributed by atoms with Crippen LogP contribution in [-0.4, -0.2) is 45.9 Å². The van der Waals surface area contributed by atoms with Gasteiger partial charge in [0.2, 0.25) is 0 Å². The van der Waals surface area contributed by atoms with Crippen LogP contribution in [0.5, 0.6) is 5.75 Å². The molecule has 0 spiro atoms. The molecular weight excluding hydrogens is 346 g/mol. The van der Waals surface area contributed by atoms with Crippen LogP contribution in [0.3, 0.4) is 0 Å². The maximum Gasteiger partial charge on any atom is 0.272 e. The van der Waals surface area contributed by atoms with E-state index in [0.29, 0.717) is 42.3 Å². The smallest absolute Gasteiger partial charge is 0.272 e. The number of nitrogens with zero attached hydrogens (tertiary/aromatic N) is 4. The van der Waals surface area contributed by atoms with Crippen molar-refractivity contribution in [1.29, 1.82) is 5.26 Å². The van der Waals surface area contributed by atoms with E-state index in [4.69, 9.17) is 14.7 Å². The molecule has 1 N–H and O–H groups in total. The van der Waals surface area contributed by atoms with Crippen molar-refractivity contribution in [1.82, 2.24) is 19.9 Å². The first-order valence-electron chi connectivity index (χ1n) is 8.59. The maximum atomic E-state index is 12.6. The van der Waals surface area contributed by atoms with Gasteiger partial charge in [0.15, 0.2) is 11.3 Å². The van der Waals surface area contributed by atoms with Crippen LogP contribution in [0.4, 0.5) is 0 Å². The van der Waals surface area contributed by atoms with Crippen molar-refractivity contribution in [2.45, 2.75) is 18.6 Å². The normalized spacial score (nSPS) is 19.4. The summed E-state index contributed by atoms with van der Waals surface area (Å²) in [5.41, 5.74) is 1.48. The van der Waals surface area contributed by atoms with Gasteiger partial charge in [-0.05, 0) is 36.8 Å². The van der Waals surface area contributed by atoms with Gasteiger partial charge in [0.1, 0.15) is 11.9 Å². The largest absolute Gasteiger partial charge is 0.486 e. The third-order valence-corrected chi connectivity index (χ3v) is 4.36. The highest BCUT2D eigenvalue weighted by Crippen LogP contribution is 2.19. The van der Waals surface area contributed by atoms with Crippen LogP contribution in [0, 0.1) is 11.3 Å². The van der Waals surface area contributed by atoms with Crippen LogP contribution >= 0.6 is 0 Å². The topological polar surface area (TPSA) is 102 Å². The molecule has 1 aliphatic rings. The van der Waals surface area contributed by atoms with Crippen molar-refractivity contribution in [3.63, 3.8) is 0 Å². The number of hydrogen-bond donors (Lipinski definition) is 1. The Labute approximate surface area is 155 Å². The Morgan fingerprint density at radius 3 is 3.00 bits per heavy atom. The second kappa shape index (κ2) is 7.43. The zero-order valence-electron chi connectivity index (χ0n) is 14.4. The molecule has 0 radical (unpaired) electrons. The monoisotopic (exact) mass is 363 g/mol. The van der Waals surface area contributed by atoms with E-state index < -0.39 is 0 Å². The molecule has 2 atom stereocenters. The highest BCUT2D eigenvalue weighted by atomic mass is 16.5. The van der Waals surface area contributed by atoms with E-state index in [2.05, 4.69) is 21.5 Å². The minimum absolute atomic E-state index is 0.209. The van der Waals surface area contributed by atoms with Crippen molar-refractivity contribution < 1.29 is 14.3 Å². The van der Waals surface area contributed by atoms with Crippen molar-refractivity contribution >= 4 is 11.6 Å². The van der Waals surface area contributed by atoms with Gasteiger partial charge in [0, 0.05) is 25.1 Å². The molecule has 27 heavy (non-hydrogen) atoms. The summed E-state index contributed by atoms with van der Waals surface area (Å²) in [4.78, 5) is 16.8. The highest BCUT2D eigenvalue weighted by Gasteiger charge is 2.30. The number of rotatable bonds is 4. The molecule has 1 aliphatic heterocycles. The van der Waals surface area contributed by atoms with Crippen molar-refractivity contribution in [2.24, 2.45) is 0 Å². The first-order chi connectivity index (χ1) is 13.2. The van der Waals surface area contributed by atoms with E-state index in [1.54, 1.807) is 53.3 Å². The Morgan fingerprint density at radius 1 is 1.37 bits per heavy atom. The number of ether oxygens (including phenoxy) is 2. The van der Waals surface area contributed by atoms with E-state index in [1.807, 2.05) is 0 Å². The lowest BCUT2D eigenvalue weighted by Gasteiger charge is -2.32. The molecule has 3 heterocycles. The molecule has 3 aromatic rings. The molecule has 1 aromatic carbocycles. The fourth-order valence-electron chi connectivity index (χ4n) is 2.96. The molecular formula is C19H17N5O3. The molecule has 0 saturated carbocycles. The first kappa shape index (κ1) is 17.0. The van der Waals surface area contributed by atoms with Gasteiger partial charge in [-0.15, -0.1) is 0 Å². The van der Waals surface area contributed by atoms with Gasteiger partial charge >= 0.3 is 0 Å². The zero-order valence-corrected chi connectivity index (χ0v) is 14.4. The maximum absolute atomic E-state index is 12.6. The fourth-order valence-corrected chi connectivity index (χ4v) is 2.96. The van der Waals surface area contributed by atoms with Gasteiger partial charge in [0.05, 0.1) is 24.3 Å². The number of nitrogens with one attached hydrogen (secondary N) is 1. The van der Waals surface area contributed by atoms with Gasteiger partial charge in [0.25, 0.3) is 5.91 Å². The number of carbonyl (C=O) groups is 1. The van der Waals surface area contributed by atoms with Crippen LogP contribution < -0.4 is 10.1 Å². The van der Waals surface area contributed by atoms with Crippen LogP contribution in [0.25, 0.3) is 5.65 Å². The zero-order chi connectivity index (χ0) is 18.6. The van der Waals surface area contributed by atoms with E-state index in [9.17, 15) is 4.79 Å². The van der Waals surface area contributed by atoms with Gasteiger partial charge in [-0.2, -0.15) is 10.4 Å². The minimum atomic E-state index is -0.328. The van der Waals surface area contributed by atoms with E-state index in [-0.39, 0.29) is 18.1 Å². The molecule has 8 heteroatoms. The number of carbonyl (C=O) groups excluding carboxylic acids is 1. The first-order valence-corrected chi connectivity index (χ1v) is 8.59. The Morgan fingerprint density at radius 2 is 2.22 bits per heavy atom. The van der Waals surface area contributed by atoms with Crippen LogP contribution in [0.15, 0.2) is 48.8 Å². The molecule has 136 valence electrons. The second-order valence-corrected chi connectivity index (χ2v) is 6.19. The molecule has 2 aromatic heterocycles. The number of hydrogen-bond acceptors (Lipinski definition) is 6. The Hall–Kier alpha value is -3.44. The molecule has 0 bridgehead atoms. The quantitative estimate of drug-likeness (QED) is 0.755. The van der Waals surface area contributed by atoms with Gasteiger partial charge < -0.3 is 14.8 Å². The van der Waals surface area contributed by atoms with E-state index >= 15 is 0 Å². The third-order valence-electron chi connectivity index (χ3n) is 4.36. The number of benzene rings is 1. The van der Waals surface area contributed by atoms with E-state index in [0.717, 1.165) is 0 Å². The molecule has 8 nitrogen and oxygen atoms in total. The van der Waals surface area contributed by atoms with Gasteiger partial charge in [-0.3, -0.25) is 4.79 Å². The van der Waals surface area contributed by atoms with E-state index in [1.165, 1.54) is 0 Å². The summed E-state index contributed by atoms with van der Waals surface area (Å²) in [6.07, 6.45) is 3.70. The molecule has 4 rings (SSSR count). The SMILES string of the molecule is N#Cc1ccc(O[C@@H]2COCC[C@H]2NC(=O)c2cc3ncccn3n2)cc1. The lowest BCUT2D eigenvalue weighted by Crippen LogP contribution is -2.51. The van der Waals surface area contributed by atoms with Crippen molar-refractivity contribution in [2.75, 3.05) is 13.2 Å². The highest BCUT2D eigenvalue weighted by molar-refractivity contribution is 5.93. The Bertz CT molecular complexity index is 959. The Balaban J connectivity index is 1.46. The predicted octanol–water partition coefficient (Wildman–Crippen LogP) is 1.57. The second-order valence-electron chi connectivity index (χ2n) is 6.19. The molecule has 0 aliphatic carbocycles. The fraction of sp³-hybridized carbons (Fsp3) is 0.263. The van der Waals surface area contributed by atoms with Crippen molar-refractivity contribution in [3.8, 4) is 11.8 Å². The number of nitriles is 1. The molecule has 1 amide bonds. The molecule has 0 unspecified atom stereocenters. The molecule has 1 fully saturated rings. The lowest BCUT2D eigenvalue weighted by atomic mass is 10.1. The molecule has 1 saturated heterocycles. The van der Waals surface area contributed by atoms with Gasteiger partial charge in [-0.25, -0.2) is 9.50 Å². The van der Waals surface area contributed by atoms with Crippen LogP contribution in [-0.2, 0) is 4.74 Å². The summed E-state index contributed by atoms with van der Waals surface area (Å²) < 4.78 is 13.0. The van der Waals surface area contributed by atoms with Crippen LogP contribution in [0.2, 0.25) is 0 Å². The summed E-state index contributed by atoms with van der Waals surface area (Å²) in [6.45, 7) is 0.919. The summed E-state index contributed by atoms with van der Waals surface area (Å²) in [7, 11) is 0. The number of amides is 1. The standard InChI is InChI=1S/C19H17N5O3/c20-11-13-2-4-14(5-3-13)27-17-12-26-9-6-15(17)22-19(25)16-10-18-21-7-1-8-24(18)23-16/h1-5,7-8,10,15,17H,6,9,12H2,(H,22,25)/t15-,17-/m1/s1. The summed E-state index contributed by atoms with van der Waals surface area (Å²) >= 11 is 0. The lowest BCUT2D eigenvalue weighted by molar-refractivity contribution is -0.0135. The Kier molecular flexibility index (Phi) is 4.68. The predicted molar refractivity (Wildman–Crippen MR) is 95.3 cm³/mol. The third kappa shape index (κ3) is 3.73. The van der Waals surface area contributed by atoms with Crippen molar-refractivity contribution in [3.05, 3.63) is 60.0 Å². The number of aromatic nitrogens is 3. The number of fused-ring (bicyclic) bond motifs is 1. The summed E-state index contributed by atoms with van der Waals surface area (Å²) in [5, 5.41) is 16.1.